The van der Waals surface area contributed by atoms with E-state index in [1.54, 1.807) is 0 Å². The molecule has 1 heterocycles. The van der Waals surface area contributed by atoms with E-state index in [-0.39, 0.29) is 0 Å². The number of rotatable bonds is 2. The molecule has 2 rings (SSSR count). The summed E-state index contributed by atoms with van der Waals surface area (Å²) in [4.78, 5) is 4.33. The van der Waals surface area contributed by atoms with E-state index in [9.17, 15) is 0 Å². The van der Waals surface area contributed by atoms with Crippen LogP contribution in [0.3, 0.4) is 0 Å². The summed E-state index contributed by atoms with van der Waals surface area (Å²) in [5, 5.41) is 0. The lowest BCUT2D eigenvalue weighted by Crippen LogP contribution is -2.07. The maximum absolute atomic E-state index is 4.33. The Kier molecular flexibility index (Phi) is 2.58. The fraction of sp³-hybridized carbons (Fsp3) is 0.308. The summed E-state index contributed by atoms with van der Waals surface area (Å²) in [6.07, 6.45) is 1.92. The van der Waals surface area contributed by atoms with Crippen molar-refractivity contribution in [1.82, 2.24) is 9.55 Å². The molecule has 0 radical (unpaired) electrons. The Labute approximate surface area is 90.6 Å². The Balaban J connectivity index is 2.37. The van der Waals surface area contributed by atoms with Crippen molar-refractivity contribution >= 4 is 0 Å². The molecule has 0 fully saturated rings. The SMILES string of the molecule is Cc1ncn([C@@H](C)c2ccccc2)c1C. The number of aryl methyl sites for hydroxylation is 1. The summed E-state index contributed by atoms with van der Waals surface area (Å²) in [5.74, 6) is 0. The van der Waals surface area contributed by atoms with Crippen LogP contribution in [-0.2, 0) is 0 Å². The quantitative estimate of drug-likeness (QED) is 0.728. The molecule has 2 aromatic rings. The van der Waals surface area contributed by atoms with Crippen molar-refractivity contribution in [3.63, 3.8) is 0 Å². The third kappa shape index (κ3) is 1.80. The molecule has 0 aliphatic carbocycles. The lowest BCUT2D eigenvalue weighted by Gasteiger charge is -2.15. The van der Waals surface area contributed by atoms with Crippen LogP contribution in [0.2, 0.25) is 0 Å². The van der Waals surface area contributed by atoms with E-state index < -0.39 is 0 Å². The normalized spacial score (nSPS) is 12.7. The molecular formula is C13H16N2. The van der Waals surface area contributed by atoms with Crippen molar-refractivity contribution in [3.05, 3.63) is 53.6 Å². The minimum absolute atomic E-state index is 0.354. The van der Waals surface area contributed by atoms with Gasteiger partial charge in [0.05, 0.1) is 18.1 Å². The van der Waals surface area contributed by atoms with Crippen LogP contribution in [0.15, 0.2) is 36.7 Å². The minimum Gasteiger partial charge on any atom is -0.327 e. The molecule has 0 bridgehead atoms. The first-order chi connectivity index (χ1) is 7.20. The molecule has 0 saturated carbocycles. The van der Waals surface area contributed by atoms with E-state index in [1.165, 1.54) is 11.3 Å². The van der Waals surface area contributed by atoms with Gasteiger partial charge in [0.15, 0.2) is 0 Å². The molecule has 78 valence electrons. The first-order valence-corrected chi connectivity index (χ1v) is 5.25. The van der Waals surface area contributed by atoms with Crippen LogP contribution in [0, 0.1) is 13.8 Å². The van der Waals surface area contributed by atoms with E-state index in [0.29, 0.717) is 6.04 Å². The van der Waals surface area contributed by atoms with E-state index >= 15 is 0 Å². The maximum Gasteiger partial charge on any atom is 0.0957 e. The third-order valence-corrected chi connectivity index (χ3v) is 2.99. The minimum atomic E-state index is 0.354. The second-order valence-corrected chi connectivity index (χ2v) is 3.91. The molecule has 15 heavy (non-hydrogen) atoms. The average Bonchev–Trinajstić information content (AvgIpc) is 2.60. The van der Waals surface area contributed by atoms with Crippen molar-refractivity contribution < 1.29 is 0 Å². The predicted octanol–water partition coefficient (Wildman–Crippen LogP) is 3.11. The van der Waals surface area contributed by atoms with Gasteiger partial charge in [0.1, 0.15) is 0 Å². The highest BCUT2D eigenvalue weighted by Gasteiger charge is 2.10. The molecule has 0 aliphatic heterocycles. The predicted molar refractivity (Wildman–Crippen MR) is 62.0 cm³/mol. The molecule has 2 heteroatoms. The van der Waals surface area contributed by atoms with Crippen LogP contribution in [0.5, 0.6) is 0 Å². The lowest BCUT2D eigenvalue weighted by atomic mass is 10.1. The number of benzene rings is 1. The number of hydrogen-bond acceptors (Lipinski definition) is 1. The Morgan fingerprint density at radius 2 is 1.80 bits per heavy atom. The molecule has 1 aromatic carbocycles. The number of nitrogens with zero attached hydrogens (tertiary/aromatic N) is 2. The molecule has 1 aromatic heterocycles. The third-order valence-electron chi connectivity index (χ3n) is 2.99. The zero-order chi connectivity index (χ0) is 10.8. The van der Waals surface area contributed by atoms with Gasteiger partial charge in [-0.2, -0.15) is 0 Å². The summed E-state index contributed by atoms with van der Waals surface area (Å²) >= 11 is 0. The van der Waals surface area contributed by atoms with Gasteiger partial charge in [-0.05, 0) is 26.3 Å². The molecule has 0 N–H and O–H groups in total. The Hall–Kier alpha value is -1.57. The van der Waals surface area contributed by atoms with Crippen molar-refractivity contribution in [3.8, 4) is 0 Å². The molecule has 0 aliphatic rings. The van der Waals surface area contributed by atoms with Gasteiger partial charge in [0.25, 0.3) is 0 Å². The highest BCUT2D eigenvalue weighted by atomic mass is 15.1. The van der Waals surface area contributed by atoms with Gasteiger partial charge in [-0.3, -0.25) is 0 Å². The number of imidazole rings is 1. The fourth-order valence-electron chi connectivity index (χ4n) is 1.80. The van der Waals surface area contributed by atoms with E-state index in [4.69, 9.17) is 0 Å². The number of hydrogen-bond donors (Lipinski definition) is 0. The monoisotopic (exact) mass is 200 g/mol. The van der Waals surface area contributed by atoms with Gasteiger partial charge >= 0.3 is 0 Å². The first kappa shape index (κ1) is 9.97. The second-order valence-electron chi connectivity index (χ2n) is 3.91. The van der Waals surface area contributed by atoms with Gasteiger partial charge in [-0.25, -0.2) is 4.98 Å². The standard InChI is InChI=1S/C13H16N2/c1-10-11(2)15(9-14-10)12(3)13-7-5-4-6-8-13/h4-9,12H,1-3H3/t12-/m0/s1. The van der Waals surface area contributed by atoms with E-state index in [2.05, 4.69) is 47.7 Å². The van der Waals surface area contributed by atoms with Gasteiger partial charge in [-0.15, -0.1) is 0 Å². The lowest BCUT2D eigenvalue weighted by molar-refractivity contribution is 0.622. The molecule has 2 nitrogen and oxygen atoms in total. The summed E-state index contributed by atoms with van der Waals surface area (Å²) in [6.45, 7) is 6.36. The maximum atomic E-state index is 4.33. The van der Waals surface area contributed by atoms with E-state index in [1.807, 2.05) is 19.3 Å². The molecule has 0 saturated heterocycles. The average molecular weight is 200 g/mol. The van der Waals surface area contributed by atoms with Crippen molar-refractivity contribution in [2.24, 2.45) is 0 Å². The fourth-order valence-corrected chi connectivity index (χ4v) is 1.80. The second kappa shape index (κ2) is 3.89. The Bertz CT molecular complexity index is 443. The Morgan fingerprint density at radius 1 is 1.13 bits per heavy atom. The summed E-state index contributed by atoms with van der Waals surface area (Å²) < 4.78 is 2.21. The largest absolute Gasteiger partial charge is 0.327 e. The molecule has 0 spiro atoms. The van der Waals surface area contributed by atoms with E-state index in [0.717, 1.165) is 5.69 Å². The molecule has 0 amide bonds. The zero-order valence-electron chi connectivity index (χ0n) is 9.44. The highest BCUT2D eigenvalue weighted by molar-refractivity contribution is 5.21. The molecule has 1 atom stereocenters. The van der Waals surface area contributed by atoms with Crippen LogP contribution >= 0.6 is 0 Å². The molecular weight excluding hydrogens is 184 g/mol. The summed E-state index contributed by atoms with van der Waals surface area (Å²) in [7, 11) is 0. The number of aromatic nitrogens is 2. The topological polar surface area (TPSA) is 17.8 Å². The van der Waals surface area contributed by atoms with Crippen LogP contribution in [-0.4, -0.2) is 9.55 Å². The Morgan fingerprint density at radius 3 is 2.33 bits per heavy atom. The smallest absolute Gasteiger partial charge is 0.0957 e. The van der Waals surface area contributed by atoms with Crippen LogP contribution < -0.4 is 0 Å². The van der Waals surface area contributed by atoms with Gasteiger partial charge < -0.3 is 4.57 Å². The van der Waals surface area contributed by atoms with Crippen molar-refractivity contribution in [2.75, 3.05) is 0 Å². The first-order valence-electron chi connectivity index (χ1n) is 5.25. The summed E-state index contributed by atoms with van der Waals surface area (Å²) in [6, 6.07) is 10.9. The van der Waals surface area contributed by atoms with Gasteiger partial charge in [0.2, 0.25) is 0 Å². The van der Waals surface area contributed by atoms with Gasteiger partial charge in [0, 0.05) is 5.69 Å². The summed E-state index contributed by atoms with van der Waals surface area (Å²) in [5.41, 5.74) is 3.67. The van der Waals surface area contributed by atoms with Crippen molar-refractivity contribution in [1.29, 1.82) is 0 Å². The van der Waals surface area contributed by atoms with Crippen molar-refractivity contribution in [2.45, 2.75) is 26.8 Å². The molecule has 0 unspecified atom stereocenters. The van der Waals surface area contributed by atoms with Crippen LogP contribution in [0.25, 0.3) is 0 Å². The zero-order valence-corrected chi connectivity index (χ0v) is 9.44. The van der Waals surface area contributed by atoms with Crippen LogP contribution in [0.1, 0.15) is 29.9 Å². The van der Waals surface area contributed by atoms with Gasteiger partial charge in [-0.1, -0.05) is 30.3 Å². The highest BCUT2D eigenvalue weighted by Crippen LogP contribution is 2.20. The van der Waals surface area contributed by atoms with Crippen LogP contribution in [0.4, 0.5) is 0 Å².